The van der Waals surface area contributed by atoms with E-state index in [9.17, 15) is 9.18 Å². The highest BCUT2D eigenvalue weighted by atomic mass is 19.1. The molecule has 1 fully saturated rings. The molecule has 3 rings (SSSR count). The number of nitrogens with one attached hydrogen (secondary N) is 2. The minimum atomic E-state index is -0.895. The first kappa shape index (κ1) is 29.9. The maximum absolute atomic E-state index is 13.8. The van der Waals surface area contributed by atoms with Crippen LogP contribution in [-0.2, 0) is 16.5 Å². The van der Waals surface area contributed by atoms with Crippen LogP contribution in [0.25, 0.3) is 11.2 Å². The van der Waals surface area contributed by atoms with E-state index in [1.807, 2.05) is 32.7 Å². The number of hydrogen-bond donors (Lipinski definition) is 3. The smallest absolute Gasteiger partial charge is 0.407 e. The number of halogens is 1. The predicted octanol–water partition coefficient (Wildman–Crippen LogP) is 3.64. The van der Waals surface area contributed by atoms with Crippen LogP contribution in [-0.4, -0.2) is 76.9 Å². The van der Waals surface area contributed by atoms with E-state index < -0.39 is 11.8 Å². The minimum absolute atomic E-state index is 0.158. The normalized spacial score (nSPS) is 16.6. The van der Waals surface area contributed by atoms with Crippen molar-refractivity contribution in [3.8, 4) is 0 Å². The monoisotopic (exact) mass is 547 g/mol. The van der Waals surface area contributed by atoms with Crippen molar-refractivity contribution in [2.75, 3.05) is 43.5 Å². The van der Waals surface area contributed by atoms with Gasteiger partial charge in [-0.15, -0.1) is 0 Å². The number of imidazole rings is 1. The summed E-state index contributed by atoms with van der Waals surface area (Å²) < 4.78 is 26.1. The van der Waals surface area contributed by atoms with Gasteiger partial charge < -0.3 is 35.3 Å². The number of anilines is 2. The average Bonchev–Trinajstić information content (AvgIpc) is 3.48. The molecule has 2 aromatic rings. The Labute approximate surface area is 229 Å². The van der Waals surface area contributed by atoms with Gasteiger partial charge in [-0.2, -0.15) is 9.97 Å². The Hall–Kier alpha value is -3.64. The van der Waals surface area contributed by atoms with E-state index >= 15 is 0 Å². The summed E-state index contributed by atoms with van der Waals surface area (Å²) in [6.07, 6.45) is 7.35. The van der Waals surface area contributed by atoms with Crippen molar-refractivity contribution in [2.45, 2.75) is 71.1 Å². The number of alkyl halides is 1. The molecule has 0 aromatic carbocycles. The third kappa shape index (κ3) is 9.25. The second-order valence-corrected chi connectivity index (χ2v) is 10.6. The van der Waals surface area contributed by atoms with Gasteiger partial charge in [-0.25, -0.2) is 14.2 Å². The Balaban J connectivity index is 1.50. The first-order chi connectivity index (χ1) is 18.6. The van der Waals surface area contributed by atoms with Crippen LogP contribution in [0, 0.1) is 0 Å². The Kier molecular flexibility index (Phi) is 10.7. The first-order valence-electron chi connectivity index (χ1n) is 13.4. The van der Waals surface area contributed by atoms with Gasteiger partial charge in [-0.3, -0.25) is 4.99 Å². The molecule has 1 saturated heterocycles. The Morgan fingerprint density at radius 3 is 2.69 bits per heavy atom. The van der Waals surface area contributed by atoms with Gasteiger partial charge in [0.25, 0.3) is 0 Å². The van der Waals surface area contributed by atoms with Gasteiger partial charge in [0.2, 0.25) is 11.8 Å². The second kappa shape index (κ2) is 13.9. The molecule has 3 heterocycles. The van der Waals surface area contributed by atoms with Crippen LogP contribution < -0.4 is 21.3 Å². The van der Waals surface area contributed by atoms with E-state index in [1.165, 1.54) is 7.11 Å². The lowest BCUT2D eigenvalue weighted by molar-refractivity contribution is 0.0527. The quantitative estimate of drug-likeness (QED) is 0.194. The summed E-state index contributed by atoms with van der Waals surface area (Å²) in [7, 11) is 3.33. The van der Waals surface area contributed by atoms with Crippen molar-refractivity contribution < 1.29 is 18.7 Å². The number of methoxy groups -OCH3 is 1. The van der Waals surface area contributed by atoms with Crippen LogP contribution in [0.2, 0.25) is 0 Å². The molecular formula is C26H42FN9O3. The third-order valence-electron chi connectivity index (χ3n) is 6.05. The molecule has 1 aliphatic rings. The number of aryl methyl sites for hydroxylation is 1. The molecule has 0 spiro atoms. The highest BCUT2D eigenvalue weighted by Crippen LogP contribution is 2.26. The number of rotatable bonds is 13. The fourth-order valence-corrected chi connectivity index (χ4v) is 4.04. The number of unbranched alkanes of at least 4 members (excludes halogenated alkanes) is 4. The standard InChI is InChI=1S/C26H42FN9O3/c1-26(2,3)39-25(37)30-13-10-8-6-7-9-12-29-15-19(21(28)38-5)32-22-20-23(35(4)17-31-20)34-24(33-22)36-14-11-18(27)16-36/h15,17-18H,6-14,16,28H2,1-5H3,(H,30,37)(H,32,33,34)/t18-/m0/s1. The number of fused-ring (bicyclic) bond motifs is 1. The highest BCUT2D eigenvalue weighted by Gasteiger charge is 2.26. The fraction of sp³-hybridized carbons (Fsp3) is 0.654. The Morgan fingerprint density at radius 2 is 2.00 bits per heavy atom. The van der Waals surface area contributed by atoms with Crippen LogP contribution in [0.4, 0.5) is 21.0 Å². The summed E-state index contributed by atoms with van der Waals surface area (Å²) in [4.78, 5) is 31.6. The summed E-state index contributed by atoms with van der Waals surface area (Å²) in [6.45, 7) is 7.56. The number of aliphatic imine (C=N–C) groups is 1. The van der Waals surface area contributed by atoms with Crippen LogP contribution in [0.5, 0.6) is 0 Å². The molecule has 0 bridgehead atoms. The maximum Gasteiger partial charge on any atom is 0.407 e. The average molecular weight is 548 g/mol. The zero-order valence-electron chi connectivity index (χ0n) is 23.7. The number of nitrogens with zero attached hydrogens (tertiary/aromatic N) is 6. The van der Waals surface area contributed by atoms with E-state index in [-0.39, 0.29) is 18.5 Å². The summed E-state index contributed by atoms with van der Waals surface area (Å²) in [5.74, 6) is 1.03. The van der Waals surface area contributed by atoms with Crippen LogP contribution in [0.1, 0.15) is 59.3 Å². The Morgan fingerprint density at radius 1 is 1.26 bits per heavy atom. The van der Waals surface area contributed by atoms with Crippen LogP contribution in [0.3, 0.4) is 0 Å². The van der Waals surface area contributed by atoms with Gasteiger partial charge in [0.05, 0.1) is 26.2 Å². The van der Waals surface area contributed by atoms with Crippen molar-refractivity contribution in [3.63, 3.8) is 0 Å². The highest BCUT2D eigenvalue weighted by molar-refractivity contribution is 5.90. The van der Waals surface area contributed by atoms with E-state index in [1.54, 1.807) is 17.1 Å². The summed E-state index contributed by atoms with van der Waals surface area (Å²) in [5, 5.41) is 5.98. The van der Waals surface area contributed by atoms with Gasteiger partial charge in [-0.1, -0.05) is 19.3 Å². The molecule has 2 aromatic heterocycles. The second-order valence-electron chi connectivity index (χ2n) is 10.6. The van der Waals surface area contributed by atoms with Gasteiger partial charge in [0, 0.05) is 26.7 Å². The number of aromatic nitrogens is 4. The van der Waals surface area contributed by atoms with Gasteiger partial charge in [-0.05, 0) is 40.0 Å². The molecule has 0 radical (unpaired) electrons. The lowest BCUT2D eigenvalue weighted by atomic mass is 10.1. The van der Waals surface area contributed by atoms with E-state index in [4.69, 9.17) is 15.2 Å². The number of nitrogens with two attached hydrogens (primary N) is 1. The number of ether oxygens (including phenoxy) is 2. The summed E-state index contributed by atoms with van der Waals surface area (Å²) in [5.41, 5.74) is 7.24. The topological polar surface area (TPSA) is 145 Å². The van der Waals surface area contributed by atoms with E-state index in [0.29, 0.717) is 54.7 Å². The van der Waals surface area contributed by atoms with E-state index in [0.717, 1.165) is 32.1 Å². The largest absolute Gasteiger partial charge is 0.481 e. The molecule has 0 unspecified atom stereocenters. The zero-order valence-corrected chi connectivity index (χ0v) is 23.7. The molecule has 0 aliphatic carbocycles. The molecule has 216 valence electrons. The molecular weight excluding hydrogens is 505 g/mol. The number of amides is 1. The number of hydrogen-bond acceptors (Lipinski definition) is 10. The number of carbonyl (C=O) groups excluding carboxylic acids is 1. The Bertz CT molecular complexity index is 1160. The molecule has 1 atom stereocenters. The van der Waals surface area contributed by atoms with Gasteiger partial charge >= 0.3 is 6.09 Å². The van der Waals surface area contributed by atoms with Crippen molar-refractivity contribution in [1.82, 2.24) is 24.8 Å². The molecule has 39 heavy (non-hydrogen) atoms. The van der Waals surface area contributed by atoms with E-state index in [2.05, 4.69) is 30.6 Å². The first-order valence-corrected chi connectivity index (χ1v) is 13.4. The van der Waals surface area contributed by atoms with Crippen molar-refractivity contribution in [3.05, 3.63) is 17.9 Å². The van der Waals surface area contributed by atoms with Crippen molar-refractivity contribution in [1.29, 1.82) is 0 Å². The summed E-state index contributed by atoms with van der Waals surface area (Å²) in [6, 6.07) is 0. The lowest BCUT2D eigenvalue weighted by Gasteiger charge is -2.19. The number of alkyl carbamates (subject to hydrolysis) is 1. The van der Waals surface area contributed by atoms with Crippen molar-refractivity contribution >= 4 is 35.2 Å². The molecule has 0 saturated carbocycles. The van der Waals surface area contributed by atoms with Gasteiger partial charge in [0.1, 0.15) is 17.5 Å². The predicted molar refractivity (Wildman–Crippen MR) is 151 cm³/mol. The molecule has 4 N–H and O–H groups in total. The SMILES string of the molecule is COC(N)=C(C=NCCCCCCCNC(=O)OC(C)(C)C)Nc1nc(N2CC[C@H](F)C2)nc2c1ncn2C. The van der Waals surface area contributed by atoms with Gasteiger partial charge in [0.15, 0.2) is 17.0 Å². The summed E-state index contributed by atoms with van der Waals surface area (Å²) >= 11 is 0. The third-order valence-corrected chi connectivity index (χ3v) is 6.05. The number of allylic oxidation sites excluding steroid dienone is 1. The minimum Gasteiger partial charge on any atom is -0.481 e. The van der Waals surface area contributed by atoms with Crippen LogP contribution in [0.15, 0.2) is 22.9 Å². The molecule has 13 heteroatoms. The lowest BCUT2D eigenvalue weighted by Crippen LogP contribution is -2.32. The van der Waals surface area contributed by atoms with Crippen LogP contribution >= 0.6 is 0 Å². The molecule has 1 aliphatic heterocycles. The zero-order chi connectivity index (χ0) is 28.4. The van der Waals surface area contributed by atoms with Crippen molar-refractivity contribution in [2.24, 2.45) is 17.8 Å². The molecule has 12 nitrogen and oxygen atoms in total. The number of carbonyl (C=O) groups is 1. The maximum atomic E-state index is 13.8. The molecule has 1 amide bonds. The fourth-order valence-electron chi connectivity index (χ4n) is 4.04.